The maximum Gasteiger partial charge on any atom is 0.0972 e. The van der Waals surface area contributed by atoms with Crippen molar-refractivity contribution in [3.63, 3.8) is 0 Å². The van der Waals surface area contributed by atoms with Gasteiger partial charge in [0.15, 0.2) is 0 Å². The maximum absolute atomic E-state index is 5.20. The molecule has 0 spiro atoms. The first-order chi connectivity index (χ1) is 27.8. The molecule has 10 aromatic rings. The summed E-state index contributed by atoms with van der Waals surface area (Å²) in [6.45, 7) is 8.78. The average Bonchev–Trinajstić information content (AvgIpc) is 3.26. The molecule has 4 nitrogen and oxygen atoms in total. The van der Waals surface area contributed by atoms with E-state index in [9.17, 15) is 0 Å². The number of hydrogen-bond donors (Lipinski definition) is 0. The molecule has 0 saturated carbocycles. The maximum atomic E-state index is 5.20. The molecular formula is C53H40N4. The fourth-order valence-corrected chi connectivity index (χ4v) is 7.91. The summed E-state index contributed by atoms with van der Waals surface area (Å²) in [5.41, 5.74) is 16.5. The summed E-state index contributed by atoms with van der Waals surface area (Å²) in [7, 11) is 0. The van der Waals surface area contributed by atoms with Crippen LogP contribution in [0.5, 0.6) is 0 Å². The van der Waals surface area contributed by atoms with Crippen LogP contribution in [0.25, 0.3) is 88.6 Å². The second-order valence-electron chi connectivity index (χ2n) is 15.7. The van der Waals surface area contributed by atoms with Gasteiger partial charge < -0.3 is 0 Å². The number of pyridine rings is 4. The highest BCUT2D eigenvalue weighted by atomic mass is 14.8. The Morgan fingerprint density at radius 2 is 0.509 bits per heavy atom. The van der Waals surface area contributed by atoms with E-state index in [1.165, 1.54) is 22.3 Å². The van der Waals surface area contributed by atoms with E-state index < -0.39 is 0 Å². The predicted molar refractivity (Wildman–Crippen MR) is 237 cm³/mol. The van der Waals surface area contributed by atoms with Gasteiger partial charge in [-0.3, -0.25) is 0 Å². The van der Waals surface area contributed by atoms with E-state index in [4.69, 9.17) is 19.9 Å². The Balaban J connectivity index is 0.932. The van der Waals surface area contributed by atoms with Gasteiger partial charge in [-0.05, 0) is 49.2 Å². The zero-order chi connectivity index (χ0) is 38.7. The average molecular weight is 733 g/mol. The highest BCUT2D eigenvalue weighted by Crippen LogP contribution is 2.36. The van der Waals surface area contributed by atoms with Gasteiger partial charge in [0.1, 0.15) is 0 Å². The molecule has 0 aliphatic rings. The number of rotatable bonds is 6. The Morgan fingerprint density at radius 3 is 0.772 bits per heavy atom. The van der Waals surface area contributed by atoms with Crippen LogP contribution >= 0.6 is 0 Å². The lowest BCUT2D eigenvalue weighted by Gasteiger charge is -2.26. The normalized spacial score (nSPS) is 11.9. The first-order valence-corrected chi connectivity index (χ1v) is 19.5. The number of hydrogen-bond acceptors (Lipinski definition) is 4. The molecule has 4 heteroatoms. The molecule has 0 fully saturated rings. The van der Waals surface area contributed by atoms with Gasteiger partial charge in [-0.15, -0.1) is 0 Å². The summed E-state index contributed by atoms with van der Waals surface area (Å²) < 4.78 is 0. The van der Waals surface area contributed by atoms with Crippen LogP contribution in [0, 0.1) is 13.8 Å². The van der Waals surface area contributed by atoms with Gasteiger partial charge in [0, 0.05) is 49.2 Å². The molecule has 4 heterocycles. The molecule has 272 valence electrons. The second-order valence-corrected chi connectivity index (χ2v) is 15.7. The van der Waals surface area contributed by atoms with Gasteiger partial charge in [0.2, 0.25) is 0 Å². The van der Waals surface area contributed by atoms with E-state index in [0.29, 0.717) is 0 Å². The summed E-state index contributed by atoms with van der Waals surface area (Å²) in [5, 5.41) is 4.33. The van der Waals surface area contributed by atoms with Crippen LogP contribution in [0.15, 0.2) is 170 Å². The van der Waals surface area contributed by atoms with E-state index in [-0.39, 0.29) is 5.41 Å². The van der Waals surface area contributed by atoms with Crippen molar-refractivity contribution in [1.82, 2.24) is 19.9 Å². The Labute approximate surface area is 332 Å². The Bertz CT molecular complexity index is 2910. The van der Waals surface area contributed by atoms with Gasteiger partial charge in [0.25, 0.3) is 0 Å². The van der Waals surface area contributed by atoms with Gasteiger partial charge in [-0.1, -0.05) is 171 Å². The summed E-state index contributed by atoms with van der Waals surface area (Å²) in [4.78, 5) is 20.6. The van der Waals surface area contributed by atoms with Crippen molar-refractivity contribution in [2.45, 2.75) is 33.1 Å². The molecule has 0 unspecified atom stereocenters. The van der Waals surface area contributed by atoms with Crippen molar-refractivity contribution in [2.24, 2.45) is 0 Å². The summed E-state index contributed by atoms with van der Waals surface area (Å²) >= 11 is 0. The van der Waals surface area contributed by atoms with E-state index in [2.05, 4.69) is 198 Å². The molecule has 57 heavy (non-hydrogen) atoms. The molecule has 0 radical (unpaired) electrons. The molecule has 6 aromatic carbocycles. The van der Waals surface area contributed by atoms with Gasteiger partial charge in [-0.25, -0.2) is 19.9 Å². The fourth-order valence-electron chi connectivity index (χ4n) is 7.91. The minimum Gasteiger partial charge on any atom is -0.245 e. The topological polar surface area (TPSA) is 51.6 Å². The third-order valence-electron chi connectivity index (χ3n) is 11.5. The van der Waals surface area contributed by atoms with E-state index >= 15 is 0 Å². The number of benzene rings is 6. The van der Waals surface area contributed by atoms with E-state index in [1.54, 1.807) is 0 Å². The number of fused-ring (bicyclic) bond motifs is 6. The van der Waals surface area contributed by atoms with Crippen LogP contribution in [-0.2, 0) is 5.41 Å². The van der Waals surface area contributed by atoms with Crippen LogP contribution in [0.3, 0.4) is 0 Å². The second kappa shape index (κ2) is 13.6. The summed E-state index contributed by atoms with van der Waals surface area (Å²) in [6, 6.07) is 60.3. The van der Waals surface area contributed by atoms with Crippen molar-refractivity contribution in [2.75, 3.05) is 0 Å². The SMILES string of the molecule is Cc1ccc(-c2ccc3ccc4ccc(-c5ccc(C(C)(C)c6ccc(-c7ccc8ccc9ccc(-c%10ccc(C)cc%10)nc9c8n7)cc6)cc5)nc4c3n2)cc1. The van der Waals surface area contributed by atoms with Crippen LogP contribution < -0.4 is 0 Å². The number of nitrogens with zero attached hydrogens (tertiary/aromatic N) is 4. The van der Waals surface area contributed by atoms with E-state index in [1.807, 2.05) is 0 Å². The molecule has 0 aliphatic carbocycles. The molecule has 0 aliphatic heterocycles. The van der Waals surface area contributed by atoms with Gasteiger partial charge in [-0.2, -0.15) is 0 Å². The molecule has 0 atom stereocenters. The summed E-state index contributed by atoms with van der Waals surface area (Å²) in [5.74, 6) is 0. The lowest BCUT2D eigenvalue weighted by molar-refractivity contribution is 0.641. The molecule has 10 rings (SSSR count). The Kier molecular flexibility index (Phi) is 8.23. The Morgan fingerprint density at radius 1 is 0.281 bits per heavy atom. The number of aryl methyl sites for hydroxylation is 2. The first-order valence-electron chi connectivity index (χ1n) is 19.5. The lowest BCUT2D eigenvalue weighted by Crippen LogP contribution is -2.18. The molecule has 0 N–H and O–H groups in total. The van der Waals surface area contributed by atoms with Crippen molar-refractivity contribution >= 4 is 43.6 Å². The monoisotopic (exact) mass is 732 g/mol. The standard InChI is InChI=1S/C53H40N4/c1-33-5-9-35(10-6-33)45-29-21-39-13-15-41-23-31-47(56-51(41)49(39)54-45)37-17-25-43(26-18-37)53(3,4)44-27-19-38(20-28-44)48-32-24-42-16-14-40-22-30-46(55-50(40)52(42)57-48)36-11-7-34(2)8-12-36/h5-32H,1-4H3. The largest absolute Gasteiger partial charge is 0.245 e. The zero-order valence-electron chi connectivity index (χ0n) is 32.5. The molecular weight excluding hydrogens is 693 g/mol. The smallest absolute Gasteiger partial charge is 0.0972 e. The lowest BCUT2D eigenvalue weighted by atomic mass is 9.77. The van der Waals surface area contributed by atoms with Gasteiger partial charge in [0.05, 0.1) is 44.8 Å². The van der Waals surface area contributed by atoms with Crippen molar-refractivity contribution in [3.8, 4) is 45.0 Å². The highest BCUT2D eigenvalue weighted by molar-refractivity contribution is 6.05. The van der Waals surface area contributed by atoms with Crippen molar-refractivity contribution < 1.29 is 0 Å². The Hall–Kier alpha value is -7.04. The molecule has 4 aromatic heterocycles. The quantitative estimate of drug-likeness (QED) is 0.160. The molecule has 0 saturated heterocycles. The van der Waals surface area contributed by atoms with E-state index in [0.717, 1.165) is 88.6 Å². The first kappa shape index (κ1) is 34.5. The van der Waals surface area contributed by atoms with Crippen molar-refractivity contribution in [3.05, 3.63) is 192 Å². The third kappa shape index (κ3) is 6.30. The minimum absolute atomic E-state index is 0.219. The van der Waals surface area contributed by atoms with Crippen LogP contribution in [0.1, 0.15) is 36.1 Å². The minimum atomic E-state index is -0.219. The van der Waals surface area contributed by atoms with Crippen LogP contribution in [0.4, 0.5) is 0 Å². The van der Waals surface area contributed by atoms with Gasteiger partial charge >= 0.3 is 0 Å². The summed E-state index contributed by atoms with van der Waals surface area (Å²) in [6.07, 6.45) is 0. The highest BCUT2D eigenvalue weighted by Gasteiger charge is 2.23. The predicted octanol–water partition coefficient (Wildman–Crippen LogP) is 13.5. The van der Waals surface area contributed by atoms with Crippen LogP contribution in [0.2, 0.25) is 0 Å². The zero-order valence-corrected chi connectivity index (χ0v) is 32.5. The third-order valence-corrected chi connectivity index (χ3v) is 11.5. The number of aromatic nitrogens is 4. The molecule has 0 amide bonds. The van der Waals surface area contributed by atoms with Crippen LogP contribution in [-0.4, -0.2) is 19.9 Å². The fraction of sp³-hybridized carbons (Fsp3) is 0.0943. The molecule has 0 bridgehead atoms. The van der Waals surface area contributed by atoms with Crippen molar-refractivity contribution in [1.29, 1.82) is 0 Å².